The van der Waals surface area contributed by atoms with Crippen LogP contribution in [0.15, 0.2) is 18.7 Å². The highest BCUT2D eigenvalue weighted by molar-refractivity contribution is 5.84. The second kappa shape index (κ2) is 5.89. The fourth-order valence-electron chi connectivity index (χ4n) is 1.36. The number of carbonyl (C=O) groups is 1. The zero-order valence-electron chi connectivity index (χ0n) is 10.7. The predicted octanol–water partition coefficient (Wildman–Crippen LogP) is 0.666. The van der Waals surface area contributed by atoms with Gasteiger partial charge in [-0.1, -0.05) is 6.92 Å². The monoisotopic (exact) mass is 262 g/mol. The lowest BCUT2D eigenvalue weighted by molar-refractivity contribution is 0.0587. The lowest BCUT2D eigenvalue weighted by Gasteiger charge is -2.04. The maximum atomic E-state index is 11.3. The Morgan fingerprint density at radius 1 is 1.47 bits per heavy atom. The number of aromatic nitrogens is 5. The molecule has 0 radical (unpaired) electrons. The Hall–Kier alpha value is -2.51. The van der Waals surface area contributed by atoms with Gasteiger partial charge in [-0.25, -0.2) is 19.4 Å². The molecular weight excluding hydrogens is 248 g/mol. The van der Waals surface area contributed by atoms with Gasteiger partial charge in [0.2, 0.25) is 0 Å². The maximum absolute atomic E-state index is 11.3. The molecule has 2 aromatic rings. The summed E-state index contributed by atoms with van der Waals surface area (Å²) in [7, 11) is 1.28. The van der Waals surface area contributed by atoms with Crippen LogP contribution in [0.2, 0.25) is 0 Å². The van der Waals surface area contributed by atoms with Crippen LogP contribution in [0.4, 0.5) is 5.82 Å². The van der Waals surface area contributed by atoms with Crippen LogP contribution < -0.4 is 5.32 Å². The molecule has 2 rings (SSSR count). The number of hydrogen-bond acceptors (Lipinski definition) is 7. The summed E-state index contributed by atoms with van der Waals surface area (Å²) in [6.07, 6.45) is 5.53. The SMILES string of the molecule is CCCNc1cncc(-n2cnc(C(=O)OC)n2)n1. The van der Waals surface area contributed by atoms with Crippen LogP contribution in [0.5, 0.6) is 0 Å². The first kappa shape index (κ1) is 12.9. The number of carbonyl (C=O) groups excluding carboxylic acids is 1. The second-order valence-electron chi connectivity index (χ2n) is 3.69. The molecule has 8 nitrogen and oxygen atoms in total. The van der Waals surface area contributed by atoms with Gasteiger partial charge in [0.15, 0.2) is 5.82 Å². The number of nitrogens with one attached hydrogen (secondary N) is 1. The third-order valence-electron chi connectivity index (χ3n) is 2.27. The summed E-state index contributed by atoms with van der Waals surface area (Å²) in [4.78, 5) is 23.5. The summed E-state index contributed by atoms with van der Waals surface area (Å²) in [6, 6.07) is 0. The molecule has 1 N–H and O–H groups in total. The van der Waals surface area contributed by atoms with Gasteiger partial charge in [-0.15, -0.1) is 5.10 Å². The van der Waals surface area contributed by atoms with E-state index in [4.69, 9.17) is 0 Å². The molecule has 0 bridgehead atoms. The molecule has 0 amide bonds. The zero-order chi connectivity index (χ0) is 13.7. The van der Waals surface area contributed by atoms with Gasteiger partial charge < -0.3 is 10.1 Å². The largest absolute Gasteiger partial charge is 0.463 e. The highest BCUT2D eigenvalue weighted by Gasteiger charge is 2.12. The molecule has 0 fully saturated rings. The molecule has 0 unspecified atom stereocenters. The van der Waals surface area contributed by atoms with Gasteiger partial charge in [0.1, 0.15) is 12.1 Å². The second-order valence-corrected chi connectivity index (χ2v) is 3.69. The van der Waals surface area contributed by atoms with Crippen LogP contribution in [-0.2, 0) is 4.74 Å². The van der Waals surface area contributed by atoms with E-state index in [0.717, 1.165) is 13.0 Å². The quantitative estimate of drug-likeness (QED) is 0.791. The van der Waals surface area contributed by atoms with Crippen LogP contribution in [0, 0.1) is 0 Å². The fourth-order valence-corrected chi connectivity index (χ4v) is 1.36. The van der Waals surface area contributed by atoms with E-state index in [2.05, 4.69) is 37.0 Å². The van der Waals surface area contributed by atoms with Crippen LogP contribution in [0.25, 0.3) is 5.82 Å². The van der Waals surface area contributed by atoms with Crippen LogP contribution in [0.3, 0.4) is 0 Å². The molecule has 19 heavy (non-hydrogen) atoms. The molecule has 8 heteroatoms. The minimum Gasteiger partial charge on any atom is -0.463 e. The lowest BCUT2D eigenvalue weighted by Crippen LogP contribution is -2.08. The van der Waals surface area contributed by atoms with E-state index in [1.807, 2.05) is 0 Å². The molecule has 0 spiro atoms. The van der Waals surface area contributed by atoms with Crippen LogP contribution in [-0.4, -0.2) is 44.4 Å². The minimum atomic E-state index is -0.591. The molecule has 2 aromatic heterocycles. The topological polar surface area (TPSA) is 94.8 Å². The predicted molar refractivity (Wildman–Crippen MR) is 67.1 cm³/mol. The van der Waals surface area contributed by atoms with Gasteiger partial charge in [0.05, 0.1) is 19.5 Å². The highest BCUT2D eigenvalue weighted by atomic mass is 16.5. The molecule has 100 valence electrons. The Morgan fingerprint density at radius 2 is 2.32 bits per heavy atom. The number of esters is 1. The molecular formula is C11H14N6O2. The highest BCUT2D eigenvalue weighted by Crippen LogP contribution is 2.06. The van der Waals surface area contributed by atoms with Crippen LogP contribution >= 0.6 is 0 Å². The van der Waals surface area contributed by atoms with Crippen molar-refractivity contribution in [1.82, 2.24) is 24.7 Å². The van der Waals surface area contributed by atoms with E-state index >= 15 is 0 Å². The normalized spacial score (nSPS) is 10.2. The third kappa shape index (κ3) is 3.03. The molecule has 0 saturated heterocycles. The molecule has 2 heterocycles. The lowest BCUT2D eigenvalue weighted by atomic mass is 10.5. The standard InChI is InChI=1S/C11H14N6O2/c1-3-4-13-8-5-12-6-9(15-8)17-7-14-10(16-17)11(18)19-2/h5-7H,3-4H2,1-2H3,(H,13,15). The van der Waals surface area contributed by atoms with Crippen molar-refractivity contribution >= 4 is 11.8 Å². The van der Waals surface area contributed by atoms with Crippen LogP contribution in [0.1, 0.15) is 24.0 Å². The molecule has 0 aromatic carbocycles. The minimum absolute atomic E-state index is 0.0174. The molecule has 0 aliphatic heterocycles. The fraction of sp³-hybridized carbons (Fsp3) is 0.364. The number of nitrogens with zero attached hydrogens (tertiary/aromatic N) is 5. The van der Waals surface area contributed by atoms with E-state index in [1.165, 1.54) is 24.3 Å². The Morgan fingerprint density at radius 3 is 3.05 bits per heavy atom. The first-order valence-corrected chi connectivity index (χ1v) is 5.81. The Kier molecular flexibility index (Phi) is 4.01. The summed E-state index contributed by atoms with van der Waals surface area (Å²) < 4.78 is 5.91. The van der Waals surface area contributed by atoms with E-state index in [1.54, 1.807) is 6.20 Å². The average molecular weight is 262 g/mol. The van der Waals surface area contributed by atoms with E-state index in [9.17, 15) is 4.79 Å². The van der Waals surface area contributed by atoms with Gasteiger partial charge in [0.25, 0.3) is 5.82 Å². The van der Waals surface area contributed by atoms with Gasteiger partial charge in [-0.3, -0.25) is 4.98 Å². The summed E-state index contributed by atoms with van der Waals surface area (Å²) in [5.74, 6) is 0.515. The summed E-state index contributed by atoms with van der Waals surface area (Å²) in [5, 5.41) is 7.09. The molecule has 0 saturated carbocycles. The smallest absolute Gasteiger partial charge is 0.377 e. The van der Waals surface area contributed by atoms with E-state index in [-0.39, 0.29) is 5.82 Å². The number of rotatable bonds is 5. The Bertz CT molecular complexity index is 568. The van der Waals surface area contributed by atoms with E-state index in [0.29, 0.717) is 11.6 Å². The van der Waals surface area contributed by atoms with Crippen molar-refractivity contribution in [3.63, 3.8) is 0 Å². The van der Waals surface area contributed by atoms with Gasteiger partial charge in [-0.05, 0) is 6.42 Å². The average Bonchev–Trinajstić information content (AvgIpc) is 2.94. The van der Waals surface area contributed by atoms with Crippen molar-refractivity contribution in [2.75, 3.05) is 19.0 Å². The van der Waals surface area contributed by atoms with Crippen molar-refractivity contribution in [3.8, 4) is 5.82 Å². The summed E-state index contributed by atoms with van der Waals surface area (Å²) in [5.41, 5.74) is 0. The van der Waals surface area contributed by atoms with Crippen molar-refractivity contribution in [1.29, 1.82) is 0 Å². The summed E-state index contributed by atoms with van der Waals surface area (Å²) in [6.45, 7) is 2.87. The van der Waals surface area contributed by atoms with Crippen molar-refractivity contribution in [2.24, 2.45) is 0 Å². The van der Waals surface area contributed by atoms with Crippen molar-refractivity contribution in [2.45, 2.75) is 13.3 Å². The zero-order valence-corrected chi connectivity index (χ0v) is 10.7. The summed E-state index contributed by atoms with van der Waals surface area (Å²) >= 11 is 0. The first-order chi connectivity index (χ1) is 9.24. The number of ether oxygens (including phenoxy) is 1. The van der Waals surface area contributed by atoms with Gasteiger partial charge in [-0.2, -0.15) is 0 Å². The third-order valence-corrected chi connectivity index (χ3v) is 2.27. The van der Waals surface area contributed by atoms with Crippen molar-refractivity contribution < 1.29 is 9.53 Å². The molecule has 0 aliphatic rings. The molecule has 0 atom stereocenters. The van der Waals surface area contributed by atoms with Gasteiger partial charge in [0, 0.05) is 6.54 Å². The Balaban J connectivity index is 2.21. The number of hydrogen-bond donors (Lipinski definition) is 1. The first-order valence-electron chi connectivity index (χ1n) is 5.81. The maximum Gasteiger partial charge on any atom is 0.377 e. The van der Waals surface area contributed by atoms with E-state index < -0.39 is 5.97 Å². The van der Waals surface area contributed by atoms with Crippen molar-refractivity contribution in [3.05, 3.63) is 24.5 Å². The number of methoxy groups -OCH3 is 1. The molecule has 0 aliphatic carbocycles. The van der Waals surface area contributed by atoms with Gasteiger partial charge >= 0.3 is 5.97 Å². The Labute approximate surface area is 109 Å². The number of anilines is 1.